The molecule has 0 radical (unpaired) electrons. The van der Waals surface area contributed by atoms with Gasteiger partial charge in [-0.05, 0) is 24.8 Å². The van der Waals surface area contributed by atoms with Crippen LogP contribution in [0, 0.1) is 0 Å². The fraction of sp³-hybridized carbons (Fsp3) is 0.611. The van der Waals surface area contributed by atoms with Crippen LogP contribution in [0.15, 0.2) is 30.3 Å². The van der Waals surface area contributed by atoms with E-state index in [2.05, 4.69) is 5.32 Å². The number of aliphatic hydroxyl groups is 1. The Morgan fingerprint density at radius 3 is 2.61 bits per heavy atom. The van der Waals surface area contributed by atoms with Crippen molar-refractivity contribution in [2.45, 2.75) is 43.7 Å². The molecular formula is C18H28N2O3. The van der Waals surface area contributed by atoms with Gasteiger partial charge in [-0.25, -0.2) is 4.79 Å². The van der Waals surface area contributed by atoms with Crippen molar-refractivity contribution in [3.8, 4) is 0 Å². The lowest BCUT2D eigenvalue weighted by atomic mass is 9.99. The molecule has 1 aliphatic rings. The average Bonchev–Trinajstić information content (AvgIpc) is 3.01. The van der Waals surface area contributed by atoms with E-state index >= 15 is 0 Å². The van der Waals surface area contributed by atoms with Gasteiger partial charge in [-0.1, -0.05) is 43.2 Å². The molecule has 0 aromatic heterocycles. The zero-order chi connectivity index (χ0) is 16.7. The predicted molar refractivity (Wildman–Crippen MR) is 90.3 cm³/mol. The fourth-order valence-electron chi connectivity index (χ4n) is 3.22. The molecule has 5 heteroatoms. The highest BCUT2D eigenvalue weighted by Gasteiger charge is 2.36. The maximum atomic E-state index is 12.4. The Labute approximate surface area is 138 Å². The minimum Gasteiger partial charge on any atom is -0.388 e. The molecule has 0 bridgehead atoms. The van der Waals surface area contributed by atoms with Gasteiger partial charge in [0.25, 0.3) is 0 Å². The lowest BCUT2D eigenvalue weighted by Gasteiger charge is -2.32. The van der Waals surface area contributed by atoms with Crippen LogP contribution >= 0.6 is 0 Å². The van der Waals surface area contributed by atoms with Gasteiger partial charge >= 0.3 is 6.03 Å². The minimum absolute atomic E-state index is 0.0933. The monoisotopic (exact) mass is 320 g/mol. The zero-order valence-corrected chi connectivity index (χ0v) is 14.1. The summed E-state index contributed by atoms with van der Waals surface area (Å²) in [4.78, 5) is 14.0. The Balaban J connectivity index is 1.82. The second-order valence-electron chi connectivity index (χ2n) is 6.49. The molecule has 0 unspecified atom stereocenters. The summed E-state index contributed by atoms with van der Waals surface area (Å²) >= 11 is 0. The summed E-state index contributed by atoms with van der Waals surface area (Å²) in [5.74, 6) is 0. The number of carbonyl (C=O) groups is 1. The molecule has 0 aliphatic heterocycles. The van der Waals surface area contributed by atoms with Gasteiger partial charge in [-0.15, -0.1) is 0 Å². The molecule has 2 rings (SSSR count). The number of ether oxygens (including phenoxy) is 1. The smallest absolute Gasteiger partial charge is 0.317 e. The Kier molecular flexibility index (Phi) is 6.42. The number of hydrogen-bond donors (Lipinski definition) is 2. The van der Waals surface area contributed by atoms with Crippen molar-refractivity contribution in [2.24, 2.45) is 0 Å². The van der Waals surface area contributed by atoms with E-state index in [1.54, 1.807) is 19.1 Å². The third-order valence-electron chi connectivity index (χ3n) is 4.62. The van der Waals surface area contributed by atoms with Crippen LogP contribution in [0.3, 0.4) is 0 Å². The van der Waals surface area contributed by atoms with Gasteiger partial charge in [0, 0.05) is 20.7 Å². The molecule has 0 saturated heterocycles. The molecule has 1 atom stereocenters. The first-order chi connectivity index (χ1) is 11.1. The molecule has 0 heterocycles. The van der Waals surface area contributed by atoms with Crippen LogP contribution < -0.4 is 5.32 Å². The maximum Gasteiger partial charge on any atom is 0.317 e. The third-order valence-corrected chi connectivity index (χ3v) is 4.62. The second kappa shape index (κ2) is 8.31. The van der Waals surface area contributed by atoms with Gasteiger partial charge in [0.2, 0.25) is 0 Å². The summed E-state index contributed by atoms with van der Waals surface area (Å²) < 4.78 is 5.29. The van der Waals surface area contributed by atoms with Gasteiger partial charge in [0.15, 0.2) is 0 Å². The van der Waals surface area contributed by atoms with Crippen molar-refractivity contribution in [3.63, 3.8) is 0 Å². The number of urea groups is 1. The van der Waals surface area contributed by atoms with Crippen LogP contribution in [0.4, 0.5) is 4.79 Å². The zero-order valence-electron chi connectivity index (χ0n) is 14.1. The summed E-state index contributed by atoms with van der Waals surface area (Å²) in [7, 11) is 3.44. The first kappa shape index (κ1) is 17.8. The van der Waals surface area contributed by atoms with Gasteiger partial charge in [0.1, 0.15) is 0 Å². The lowest BCUT2D eigenvalue weighted by molar-refractivity contribution is 0.107. The molecule has 1 aromatic carbocycles. The van der Waals surface area contributed by atoms with E-state index in [4.69, 9.17) is 4.74 Å². The van der Waals surface area contributed by atoms with Crippen LogP contribution in [-0.2, 0) is 4.74 Å². The number of aliphatic hydroxyl groups excluding tert-OH is 1. The lowest BCUT2D eigenvalue weighted by Crippen LogP contribution is -2.53. The van der Waals surface area contributed by atoms with E-state index in [1.807, 2.05) is 30.3 Å². The molecule has 128 valence electrons. The van der Waals surface area contributed by atoms with Crippen LogP contribution in [0.1, 0.15) is 43.8 Å². The van der Waals surface area contributed by atoms with E-state index in [9.17, 15) is 9.90 Å². The maximum absolute atomic E-state index is 12.4. The van der Waals surface area contributed by atoms with Gasteiger partial charge in [-0.3, -0.25) is 0 Å². The normalized spacial score (nSPS) is 17.7. The van der Waals surface area contributed by atoms with Crippen molar-refractivity contribution < 1.29 is 14.6 Å². The molecule has 1 aliphatic carbocycles. The van der Waals surface area contributed by atoms with Gasteiger partial charge in [-0.2, -0.15) is 0 Å². The molecule has 23 heavy (non-hydrogen) atoms. The van der Waals surface area contributed by atoms with E-state index in [0.717, 1.165) is 31.2 Å². The number of carbonyl (C=O) groups excluding carboxylic acids is 1. The Bertz CT molecular complexity index is 486. The van der Waals surface area contributed by atoms with E-state index in [-0.39, 0.29) is 11.6 Å². The molecule has 5 nitrogen and oxygen atoms in total. The van der Waals surface area contributed by atoms with Crippen molar-refractivity contribution in [1.82, 2.24) is 10.2 Å². The van der Waals surface area contributed by atoms with E-state index in [1.165, 1.54) is 0 Å². The SMILES string of the molecule is COCC1(NC(=O)N(C)CC[C@@H](O)c2ccccc2)CCCC1. The van der Waals surface area contributed by atoms with Crippen molar-refractivity contribution >= 4 is 6.03 Å². The molecular weight excluding hydrogens is 292 g/mol. The summed E-state index contributed by atoms with van der Waals surface area (Å²) in [6.45, 7) is 1.06. The summed E-state index contributed by atoms with van der Waals surface area (Å²) in [6, 6.07) is 9.44. The number of benzene rings is 1. The number of methoxy groups -OCH3 is 1. The quantitative estimate of drug-likeness (QED) is 0.812. The average molecular weight is 320 g/mol. The van der Waals surface area contributed by atoms with Crippen LogP contribution in [-0.4, -0.2) is 48.9 Å². The number of rotatable bonds is 7. The molecule has 1 saturated carbocycles. The van der Waals surface area contributed by atoms with Gasteiger partial charge in [0.05, 0.1) is 18.2 Å². The second-order valence-corrected chi connectivity index (χ2v) is 6.49. The summed E-state index contributed by atoms with van der Waals surface area (Å²) in [6.07, 6.45) is 4.15. The minimum atomic E-state index is -0.550. The van der Waals surface area contributed by atoms with Crippen LogP contribution in [0.5, 0.6) is 0 Å². The molecule has 2 amide bonds. The molecule has 2 N–H and O–H groups in total. The highest BCUT2D eigenvalue weighted by molar-refractivity contribution is 5.74. The largest absolute Gasteiger partial charge is 0.388 e. The molecule has 1 fully saturated rings. The third kappa shape index (κ3) is 4.94. The standard InChI is InChI=1S/C18H28N2O3/c1-20(13-10-16(21)15-8-4-3-5-9-15)17(22)19-18(14-23-2)11-6-7-12-18/h3-5,8-9,16,21H,6-7,10-14H2,1-2H3,(H,19,22)/t16-/m1/s1. The number of hydrogen-bond acceptors (Lipinski definition) is 3. The van der Waals surface area contributed by atoms with Crippen molar-refractivity contribution in [2.75, 3.05) is 27.3 Å². The first-order valence-corrected chi connectivity index (χ1v) is 8.31. The van der Waals surface area contributed by atoms with E-state index < -0.39 is 6.10 Å². The number of nitrogens with zero attached hydrogens (tertiary/aromatic N) is 1. The first-order valence-electron chi connectivity index (χ1n) is 8.31. The predicted octanol–water partition coefficient (Wildman–Crippen LogP) is 2.71. The van der Waals surface area contributed by atoms with E-state index in [0.29, 0.717) is 19.6 Å². The Hall–Kier alpha value is -1.59. The fourth-order valence-corrected chi connectivity index (χ4v) is 3.22. The molecule has 1 aromatic rings. The Morgan fingerprint density at radius 2 is 2.00 bits per heavy atom. The van der Waals surface area contributed by atoms with Crippen molar-refractivity contribution in [3.05, 3.63) is 35.9 Å². The summed E-state index contributed by atoms with van der Waals surface area (Å²) in [5.41, 5.74) is 0.658. The summed E-state index contributed by atoms with van der Waals surface area (Å²) in [5, 5.41) is 13.3. The number of nitrogens with one attached hydrogen (secondary N) is 1. The topological polar surface area (TPSA) is 61.8 Å². The number of amides is 2. The van der Waals surface area contributed by atoms with Crippen molar-refractivity contribution in [1.29, 1.82) is 0 Å². The Morgan fingerprint density at radius 1 is 1.35 bits per heavy atom. The highest BCUT2D eigenvalue weighted by atomic mass is 16.5. The molecule has 0 spiro atoms. The van der Waals surface area contributed by atoms with Crippen LogP contribution in [0.2, 0.25) is 0 Å². The van der Waals surface area contributed by atoms with Crippen LogP contribution in [0.25, 0.3) is 0 Å². The van der Waals surface area contributed by atoms with Gasteiger partial charge < -0.3 is 20.1 Å². The highest BCUT2D eigenvalue weighted by Crippen LogP contribution is 2.30.